The molecule has 0 amide bonds. The van der Waals surface area contributed by atoms with Crippen LogP contribution in [0.2, 0.25) is 0 Å². The van der Waals surface area contributed by atoms with Crippen LogP contribution in [0.3, 0.4) is 0 Å². The summed E-state index contributed by atoms with van der Waals surface area (Å²) in [5.41, 5.74) is 1.92. The molecule has 2 rings (SSSR count). The number of hydrogen-bond acceptors (Lipinski definition) is 6. The van der Waals surface area contributed by atoms with Crippen LogP contribution in [-0.4, -0.2) is 45.8 Å². The number of hydrogen-bond donors (Lipinski definition) is 0. The van der Waals surface area contributed by atoms with Crippen LogP contribution in [0.1, 0.15) is 5.56 Å². The van der Waals surface area contributed by atoms with Gasteiger partial charge < -0.3 is 9.80 Å². The maximum Gasteiger partial charge on any atom is 0.224 e. The van der Waals surface area contributed by atoms with Gasteiger partial charge in [0.05, 0.1) is 4.90 Å². The Morgan fingerprint density at radius 1 is 1.00 bits per heavy atom. The molecule has 118 valence electrons. The molecule has 0 aliphatic rings. The predicted octanol–water partition coefficient (Wildman–Crippen LogP) is 1.58. The van der Waals surface area contributed by atoms with Crippen LogP contribution >= 0.6 is 0 Å². The van der Waals surface area contributed by atoms with Gasteiger partial charge in [-0.1, -0.05) is 0 Å². The molecule has 22 heavy (non-hydrogen) atoms. The van der Waals surface area contributed by atoms with E-state index in [0.717, 1.165) is 11.3 Å². The fourth-order valence-electron chi connectivity index (χ4n) is 1.97. The van der Waals surface area contributed by atoms with Crippen molar-refractivity contribution in [1.82, 2.24) is 9.97 Å². The van der Waals surface area contributed by atoms with Crippen molar-refractivity contribution in [3.8, 4) is 0 Å². The van der Waals surface area contributed by atoms with Gasteiger partial charge in [0.1, 0.15) is 0 Å². The third kappa shape index (κ3) is 3.94. The summed E-state index contributed by atoms with van der Waals surface area (Å²) >= 11 is 0. The van der Waals surface area contributed by atoms with Crippen molar-refractivity contribution in [3.05, 3.63) is 42.2 Å². The molecule has 0 aliphatic heterocycles. The van der Waals surface area contributed by atoms with Crippen molar-refractivity contribution in [2.24, 2.45) is 0 Å². The van der Waals surface area contributed by atoms with Gasteiger partial charge in [-0.15, -0.1) is 0 Å². The van der Waals surface area contributed by atoms with E-state index in [9.17, 15) is 8.42 Å². The van der Waals surface area contributed by atoms with Crippen molar-refractivity contribution in [2.45, 2.75) is 11.4 Å². The second kappa shape index (κ2) is 6.31. The molecular formula is C15H20N4O2S. The number of anilines is 2. The highest BCUT2D eigenvalue weighted by molar-refractivity contribution is 7.90. The van der Waals surface area contributed by atoms with E-state index in [-0.39, 0.29) is 0 Å². The minimum Gasteiger partial charge on any atom is -0.370 e. The molecule has 2 aromatic rings. The van der Waals surface area contributed by atoms with Gasteiger partial charge in [-0.25, -0.2) is 18.4 Å². The molecule has 0 atom stereocenters. The lowest BCUT2D eigenvalue weighted by Crippen LogP contribution is -2.18. The topological polar surface area (TPSA) is 66.4 Å². The highest BCUT2D eigenvalue weighted by atomic mass is 32.2. The van der Waals surface area contributed by atoms with Crippen molar-refractivity contribution in [1.29, 1.82) is 0 Å². The third-order valence-corrected chi connectivity index (χ3v) is 4.35. The second-order valence-electron chi connectivity index (χ2n) is 5.41. The molecule has 0 saturated heterocycles. The quantitative estimate of drug-likeness (QED) is 0.833. The SMILES string of the molecule is CN(C)c1ncc(CN(C)c2ccc(S(C)(=O)=O)cc2)cn1. The average Bonchev–Trinajstić information content (AvgIpc) is 2.47. The summed E-state index contributed by atoms with van der Waals surface area (Å²) in [6.45, 7) is 0.645. The number of rotatable bonds is 5. The molecule has 0 bridgehead atoms. The van der Waals surface area contributed by atoms with Crippen LogP contribution in [0.15, 0.2) is 41.6 Å². The molecule has 1 aromatic heterocycles. The Morgan fingerprint density at radius 2 is 1.55 bits per heavy atom. The molecule has 0 radical (unpaired) electrons. The number of aromatic nitrogens is 2. The maximum atomic E-state index is 11.5. The molecule has 0 N–H and O–H groups in total. The Kier molecular flexibility index (Phi) is 4.65. The van der Waals surface area contributed by atoms with Gasteiger partial charge >= 0.3 is 0 Å². The van der Waals surface area contributed by atoms with Crippen LogP contribution in [0.25, 0.3) is 0 Å². The molecule has 6 nitrogen and oxygen atoms in total. The Balaban J connectivity index is 2.10. The summed E-state index contributed by atoms with van der Waals surface area (Å²) in [5.74, 6) is 0.670. The third-order valence-electron chi connectivity index (χ3n) is 3.22. The first-order valence-electron chi connectivity index (χ1n) is 6.77. The van der Waals surface area contributed by atoms with Gasteiger partial charge in [-0.05, 0) is 24.3 Å². The zero-order valence-electron chi connectivity index (χ0n) is 13.2. The summed E-state index contributed by atoms with van der Waals surface area (Å²) in [6.07, 6.45) is 4.79. The number of sulfone groups is 1. The highest BCUT2D eigenvalue weighted by Gasteiger charge is 2.08. The van der Waals surface area contributed by atoms with Gasteiger partial charge in [-0.3, -0.25) is 0 Å². The summed E-state index contributed by atoms with van der Waals surface area (Å²) in [7, 11) is 2.57. The Labute approximate surface area is 131 Å². The van der Waals surface area contributed by atoms with E-state index in [2.05, 4.69) is 9.97 Å². The zero-order chi connectivity index (χ0) is 16.3. The standard InChI is InChI=1S/C15H20N4O2S/c1-18(2)15-16-9-12(10-17-15)11-19(3)13-5-7-14(8-6-13)22(4,20)21/h5-10H,11H2,1-4H3. The first kappa shape index (κ1) is 16.2. The van der Waals surface area contributed by atoms with Gasteiger partial charge in [0.15, 0.2) is 9.84 Å². The Morgan fingerprint density at radius 3 is 2.00 bits per heavy atom. The summed E-state index contributed by atoms with van der Waals surface area (Å²) in [6, 6.07) is 6.83. The van der Waals surface area contributed by atoms with E-state index in [4.69, 9.17) is 0 Å². The molecule has 0 fully saturated rings. The largest absolute Gasteiger partial charge is 0.370 e. The van der Waals surface area contributed by atoms with Crippen LogP contribution in [0.5, 0.6) is 0 Å². The molecule has 7 heteroatoms. The molecule has 0 saturated carbocycles. The van der Waals surface area contributed by atoms with Gasteiger partial charge in [-0.2, -0.15) is 0 Å². The molecular weight excluding hydrogens is 300 g/mol. The van der Waals surface area contributed by atoms with E-state index < -0.39 is 9.84 Å². The lowest BCUT2D eigenvalue weighted by Gasteiger charge is -2.19. The van der Waals surface area contributed by atoms with E-state index >= 15 is 0 Å². The van der Waals surface area contributed by atoms with Crippen molar-refractivity contribution >= 4 is 21.5 Å². The number of benzene rings is 1. The minimum atomic E-state index is -3.16. The van der Waals surface area contributed by atoms with Gasteiger partial charge in [0.2, 0.25) is 5.95 Å². The fraction of sp³-hybridized carbons (Fsp3) is 0.333. The Bertz CT molecular complexity index is 725. The molecule has 1 heterocycles. The van der Waals surface area contributed by atoms with E-state index in [1.54, 1.807) is 36.7 Å². The summed E-state index contributed by atoms with van der Waals surface area (Å²) < 4.78 is 22.9. The first-order valence-corrected chi connectivity index (χ1v) is 8.66. The Hall–Kier alpha value is -2.15. The van der Waals surface area contributed by atoms with Crippen molar-refractivity contribution in [3.63, 3.8) is 0 Å². The smallest absolute Gasteiger partial charge is 0.224 e. The van der Waals surface area contributed by atoms with Crippen LogP contribution in [-0.2, 0) is 16.4 Å². The van der Waals surface area contributed by atoms with Crippen LogP contribution in [0, 0.1) is 0 Å². The maximum absolute atomic E-state index is 11.5. The second-order valence-corrected chi connectivity index (χ2v) is 7.42. The zero-order valence-corrected chi connectivity index (χ0v) is 14.0. The normalized spacial score (nSPS) is 11.3. The van der Waals surface area contributed by atoms with Crippen molar-refractivity contribution in [2.75, 3.05) is 37.2 Å². The van der Waals surface area contributed by atoms with Crippen molar-refractivity contribution < 1.29 is 8.42 Å². The van der Waals surface area contributed by atoms with Gasteiger partial charge in [0, 0.05) is 57.6 Å². The lowest BCUT2D eigenvalue weighted by molar-refractivity contribution is 0.602. The predicted molar refractivity (Wildman–Crippen MR) is 88.0 cm³/mol. The highest BCUT2D eigenvalue weighted by Crippen LogP contribution is 2.18. The van der Waals surface area contributed by atoms with Crippen LogP contribution < -0.4 is 9.80 Å². The molecule has 0 aliphatic carbocycles. The summed E-state index contributed by atoms with van der Waals surface area (Å²) in [4.78, 5) is 12.7. The average molecular weight is 320 g/mol. The van der Waals surface area contributed by atoms with E-state index in [1.165, 1.54) is 6.26 Å². The summed E-state index contributed by atoms with van der Waals surface area (Å²) in [5, 5.41) is 0. The lowest BCUT2D eigenvalue weighted by atomic mass is 10.2. The molecule has 1 aromatic carbocycles. The fourth-order valence-corrected chi connectivity index (χ4v) is 2.60. The molecule has 0 unspecified atom stereocenters. The van der Waals surface area contributed by atoms with Crippen LogP contribution in [0.4, 0.5) is 11.6 Å². The van der Waals surface area contributed by atoms with Gasteiger partial charge in [0.25, 0.3) is 0 Å². The number of nitrogens with zero attached hydrogens (tertiary/aromatic N) is 4. The first-order chi connectivity index (χ1) is 10.3. The molecule has 0 spiro atoms. The monoisotopic (exact) mass is 320 g/mol. The minimum absolute atomic E-state index is 0.323. The van der Waals surface area contributed by atoms with E-state index in [0.29, 0.717) is 17.4 Å². The van der Waals surface area contributed by atoms with E-state index in [1.807, 2.05) is 30.9 Å².